The lowest BCUT2D eigenvalue weighted by atomic mass is 10.0. The molecular weight excluding hydrogens is 383 g/mol. The molecule has 1 heterocycles. The lowest BCUT2D eigenvalue weighted by molar-refractivity contribution is -0.121. The third-order valence-electron chi connectivity index (χ3n) is 4.36. The fourth-order valence-electron chi connectivity index (χ4n) is 3.03. The standard InChI is InChI=1S/C20H24N4O.2ClH/c1-15-23-18-10-5-6-11-19(18)24(15)13-7-12-22-20(25)14-17(21)16-8-3-2-4-9-16;;/h2-6,8-11,17H,7,12-14,21H2,1H3,(H,22,25);2*1H. The molecule has 1 aromatic heterocycles. The molecule has 2 aromatic carbocycles. The Balaban J connectivity index is 0.00000182. The summed E-state index contributed by atoms with van der Waals surface area (Å²) in [7, 11) is 0. The van der Waals surface area contributed by atoms with E-state index in [-0.39, 0.29) is 36.8 Å². The van der Waals surface area contributed by atoms with Gasteiger partial charge in [-0.1, -0.05) is 42.5 Å². The second-order valence-electron chi connectivity index (χ2n) is 6.22. The average molecular weight is 409 g/mol. The third-order valence-corrected chi connectivity index (χ3v) is 4.36. The van der Waals surface area contributed by atoms with Gasteiger partial charge in [0.1, 0.15) is 5.82 Å². The third kappa shape index (κ3) is 5.96. The first-order chi connectivity index (χ1) is 12.1. The maximum Gasteiger partial charge on any atom is 0.221 e. The van der Waals surface area contributed by atoms with Gasteiger partial charge in [0.2, 0.25) is 5.91 Å². The Kier molecular flexibility index (Phi) is 9.29. The number of rotatable bonds is 7. The van der Waals surface area contributed by atoms with E-state index in [0.29, 0.717) is 13.0 Å². The van der Waals surface area contributed by atoms with Gasteiger partial charge in [0.15, 0.2) is 0 Å². The smallest absolute Gasteiger partial charge is 0.221 e. The number of benzene rings is 2. The van der Waals surface area contributed by atoms with Crippen LogP contribution in [0, 0.1) is 6.92 Å². The highest BCUT2D eigenvalue weighted by Crippen LogP contribution is 2.16. The van der Waals surface area contributed by atoms with Gasteiger partial charge >= 0.3 is 0 Å². The SMILES string of the molecule is Cc1nc2ccccc2n1CCCNC(=O)CC(N)c1ccccc1.Cl.Cl. The molecule has 0 bridgehead atoms. The highest BCUT2D eigenvalue weighted by molar-refractivity contribution is 5.85. The monoisotopic (exact) mass is 408 g/mol. The summed E-state index contributed by atoms with van der Waals surface area (Å²) < 4.78 is 2.19. The van der Waals surface area contributed by atoms with Crippen LogP contribution in [0.4, 0.5) is 0 Å². The van der Waals surface area contributed by atoms with Crippen molar-refractivity contribution in [2.75, 3.05) is 6.54 Å². The Hall–Kier alpha value is -2.08. The lowest BCUT2D eigenvalue weighted by Gasteiger charge is -2.12. The molecule has 1 amide bonds. The average Bonchev–Trinajstić information content (AvgIpc) is 2.95. The van der Waals surface area contributed by atoms with Crippen LogP contribution in [0.2, 0.25) is 0 Å². The molecule has 0 saturated carbocycles. The predicted octanol–water partition coefficient (Wildman–Crippen LogP) is 3.78. The van der Waals surface area contributed by atoms with Crippen molar-refractivity contribution in [3.63, 3.8) is 0 Å². The number of halogens is 2. The normalized spacial score (nSPS) is 11.3. The number of nitrogens with two attached hydrogens (primary N) is 1. The van der Waals surface area contributed by atoms with Gasteiger partial charge in [0.05, 0.1) is 11.0 Å². The highest BCUT2D eigenvalue weighted by atomic mass is 35.5. The maximum absolute atomic E-state index is 12.1. The van der Waals surface area contributed by atoms with Gasteiger partial charge in [-0.25, -0.2) is 4.98 Å². The molecule has 1 unspecified atom stereocenters. The fraction of sp³-hybridized carbons (Fsp3) is 0.300. The summed E-state index contributed by atoms with van der Waals surface area (Å²) >= 11 is 0. The Bertz CT molecular complexity index is 852. The number of fused-ring (bicyclic) bond motifs is 1. The maximum atomic E-state index is 12.1. The van der Waals surface area contributed by atoms with Gasteiger partial charge in [-0.05, 0) is 31.0 Å². The molecule has 0 aliphatic heterocycles. The topological polar surface area (TPSA) is 72.9 Å². The second kappa shape index (κ2) is 10.9. The van der Waals surface area contributed by atoms with E-state index in [1.807, 2.05) is 55.5 Å². The number of carbonyl (C=O) groups is 1. The molecule has 1 atom stereocenters. The molecule has 0 spiro atoms. The van der Waals surface area contributed by atoms with Crippen molar-refractivity contribution < 1.29 is 4.79 Å². The number of aryl methyl sites for hydroxylation is 2. The van der Waals surface area contributed by atoms with Gasteiger partial charge in [-0.15, -0.1) is 24.8 Å². The lowest BCUT2D eigenvalue weighted by Crippen LogP contribution is -2.28. The van der Waals surface area contributed by atoms with Gasteiger partial charge in [-0.3, -0.25) is 4.79 Å². The molecule has 7 heteroatoms. The molecular formula is C20H26Cl2N4O. The van der Waals surface area contributed by atoms with Crippen LogP contribution in [0.25, 0.3) is 11.0 Å². The van der Waals surface area contributed by atoms with E-state index in [9.17, 15) is 4.79 Å². The van der Waals surface area contributed by atoms with Crippen LogP contribution in [-0.4, -0.2) is 22.0 Å². The van der Waals surface area contributed by atoms with Crippen molar-refractivity contribution >= 4 is 41.8 Å². The number of hydrogen-bond donors (Lipinski definition) is 2. The van der Waals surface area contributed by atoms with Crippen molar-refractivity contribution in [1.29, 1.82) is 0 Å². The Labute approximate surface area is 172 Å². The number of aromatic nitrogens is 2. The number of hydrogen-bond acceptors (Lipinski definition) is 3. The predicted molar refractivity (Wildman–Crippen MR) is 115 cm³/mol. The summed E-state index contributed by atoms with van der Waals surface area (Å²) in [6.45, 7) is 3.47. The van der Waals surface area contributed by atoms with E-state index in [1.54, 1.807) is 0 Å². The molecule has 0 aliphatic rings. The number of imidazole rings is 1. The van der Waals surface area contributed by atoms with Crippen molar-refractivity contribution in [3.05, 3.63) is 66.0 Å². The first-order valence-electron chi connectivity index (χ1n) is 8.64. The van der Waals surface area contributed by atoms with Crippen LogP contribution in [0.15, 0.2) is 54.6 Å². The zero-order valence-electron chi connectivity index (χ0n) is 15.3. The zero-order valence-corrected chi connectivity index (χ0v) is 16.9. The molecule has 3 aromatic rings. The van der Waals surface area contributed by atoms with Crippen LogP contribution in [0.1, 0.15) is 30.3 Å². The summed E-state index contributed by atoms with van der Waals surface area (Å²) in [5, 5.41) is 2.96. The van der Waals surface area contributed by atoms with Crippen LogP contribution < -0.4 is 11.1 Å². The van der Waals surface area contributed by atoms with E-state index in [0.717, 1.165) is 35.4 Å². The largest absolute Gasteiger partial charge is 0.356 e. The second-order valence-corrected chi connectivity index (χ2v) is 6.22. The molecule has 5 nitrogen and oxygen atoms in total. The summed E-state index contributed by atoms with van der Waals surface area (Å²) in [5.74, 6) is 0.988. The molecule has 0 radical (unpaired) electrons. The molecule has 27 heavy (non-hydrogen) atoms. The summed E-state index contributed by atoms with van der Waals surface area (Å²) in [5.41, 5.74) is 9.22. The number of para-hydroxylation sites is 2. The van der Waals surface area contributed by atoms with Crippen LogP contribution in [-0.2, 0) is 11.3 Å². The summed E-state index contributed by atoms with van der Waals surface area (Å²) in [6.07, 6.45) is 1.16. The number of amides is 1. The van der Waals surface area contributed by atoms with Gasteiger partial charge in [0.25, 0.3) is 0 Å². The number of nitrogens with zero attached hydrogens (tertiary/aromatic N) is 2. The summed E-state index contributed by atoms with van der Waals surface area (Å²) in [4.78, 5) is 16.6. The summed E-state index contributed by atoms with van der Waals surface area (Å²) in [6, 6.07) is 17.6. The van der Waals surface area contributed by atoms with Crippen LogP contribution in [0.3, 0.4) is 0 Å². The van der Waals surface area contributed by atoms with Gasteiger partial charge < -0.3 is 15.6 Å². The van der Waals surface area contributed by atoms with Crippen molar-refractivity contribution in [2.24, 2.45) is 5.73 Å². The van der Waals surface area contributed by atoms with Crippen molar-refractivity contribution in [1.82, 2.24) is 14.9 Å². The van der Waals surface area contributed by atoms with Crippen LogP contribution in [0.5, 0.6) is 0 Å². The van der Waals surface area contributed by atoms with Crippen molar-refractivity contribution in [2.45, 2.75) is 32.4 Å². The first kappa shape index (κ1) is 23.0. The highest BCUT2D eigenvalue weighted by Gasteiger charge is 2.11. The Morgan fingerprint density at radius 3 is 2.52 bits per heavy atom. The number of nitrogens with one attached hydrogen (secondary N) is 1. The minimum absolute atomic E-state index is 0. The molecule has 3 N–H and O–H groups in total. The zero-order chi connectivity index (χ0) is 17.6. The molecule has 0 saturated heterocycles. The van der Waals surface area contributed by atoms with E-state index in [2.05, 4.69) is 20.9 Å². The minimum Gasteiger partial charge on any atom is -0.356 e. The number of carbonyl (C=O) groups excluding carboxylic acids is 1. The minimum atomic E-state index is -0.263. The van der Waals surface area contributed by atoms with Gasteiger partial charge in [0, 0.05) is 25.6 Å². The quantitative estimate of drug-likeness (QED) is 0.584. The van der Waals surface area contributed by atoms with Gasteiger partial charge in [-0.2, -0.15) is 0 Å². The fourth-order valence-corrected chi connectivity index (χ4v) is 3.03. The van der Waals surface area contributed by atoms with E-state index in [4.69, 9.17) is 5.73 Å². The molecule has 0 aliphatic carbocycles. The van der Waals surface area contributed by atoms with E-state index in [1.165, 1.54) is 0 Å². The van der Waals surface area contributed by atoms with Crippen molar-refractivity contribution in [3.8, 4) is 0 Å². The first-order valence-corrected chi connectivity index (χ1v) is 8.64. The molecule has 0 fully saturated rings. The Morgan fingerprint density at radius 2 is 1.78 bits per heavy atom. The van der Waals surface area contributed by atoms with Crippen LogP contribution >= 0.6 is 24.8 Å². The molecule has 146 valence electrons. The Morgan fingerprint density at radius 1 is 1.11 bits per heavy atom. The van der Waals surface area contributed by atoms with E-state index >= 15 is 0 Å². The molecule has 3 rings (SSSR count). The van der Waals surface area contributed by atoms with E-state index < -0.39 is 0 Å².